The molecule has 0 heterocycles. The Kier molecular flexibility index (Phi) is 4.54. The molecule has 1 rings (SSSR count). The smallest absolute Gasteiger partial charge is 0.328 e. The molecule has 0 spiro atoms. The minimum atomic E-state index is -1.24. The molecule has 1 unspecified atom stereocenters. The Bertz CT molecular complexity index is 266. The van der Waals surface area contributed by atoms with E-state index in [0.717, 1.165) is 12.8 Å². The molecule has 0 aromatic carbocycles. The molecule has 92 valence electrons. The van der Waals surface area contributed by atoms with Gasteiger partial charge in [0.2, 0.25) is 0 Å². The summed E-state index contributed by atoms with van der Waals surface area (Å²) in [4.78, 5) is 21.9. The first-order valence-electron chi connectivity index (χ1n) is 5.45. The number of carbonyl (C=O) groups excluding carboxylic acids is 1. The van der Waals surface area contributed by atoms with Gasteiger partial charge in [0.25, 0.3) is 0 Å². The van der Waals surface area contributed by atoms with Crippen molar-refractivity contribution in [3.8, 4) is 0 Å². The molecule has 0 aromatic rings. The molecule has 0 aliphatic heterocycles. The summed E-state index contributed by atoms with van der Waals surface area (Å²) in [6.07, 6.45) is 3.39. The highest BCUT2D eigenvalue weighted by molar-refractivity contribution is 5.82. The van der Waals surface area contributed by atoms with E-state index in [1.807, 2.05) is 6.92 Å². The van der Waals surface area contributed by atoms with Crippen molar-refractivity contribution >= 4 is 12.0 Å². The minimum absolute atomic E-state index is 0.0434. The number of urea groups is 1. The van der Waals surface area contributed by atoms with E-state index in [1.165, 1.54) is 6.42 Å². The minimum Gasteiger partial charge on any atom is -0.480 e. The Morgan fingerprint density at radius 3 is 2.38 bits per heavy atom. The van der Waals surface area contributed by atoms with E-state index in [4.69, 9.17) is 10.2 Å². The Morgan fingerprint density at radius 1 is 1.38 bits per heavy atom. The number of carboxylic acids is 1. The van der Waals surface area contributed by atoms with Crippen molar-refractivity contribution in [3.63, 3.8) is 0 Å². The van der Waals surface area contributed by atoms with Gasteiger partial charge in [-0.1, -0.05) is 6.42 Å². The van der Waals surface area contributed by atoms with Crippen LogP contribution in [0.5, 0.6) is 0 Å². The van der Waals surface area contributed by atoms with Crippen molar-refractivity contribution in [1.82, 2.24) is 10.6 Å². The van der Waals surface area contributed by atoms with Gasteiger partial charge in [-0.15, -0.1) is 0 Å². The number of aliphatic hydroxyl groups is 1. The first kappa shape index (κ1) is 12.8. The molecule has 2 atom stereocenters. The van der Waals surface area contributed by atoms with Crippen molar-refractivity contribution in [2.45, 2.75) is 38.3 Å². The summed E-state index contributed by atoms with van der Waals surface area (Å²) >= 11 is 0. The van der Waals surface area contributed by atoms with Gasteiger partial charge in [0, 0.05) is 6.04 Å². The summed E-state index contributed by atoms with van der Waals surface area (Å²) in [6, 6.07) is -1.74. The zero-order chi connectivity index (χ0) is 12.1. The first-order chi connectivity index (χ1) is 7.54. The Balaban J connectivity index is 2.30. The van der Waals surface area contributed by atoms with Crippen LogP contribution in [0, 0.1) is 5.92 Å². The number of rotatable bonds is 5. The lowest BCUT2D eigenvalue weighted by Gasteiger charge is -2.32. The van der Waals surface area contributed by atoms with Crippen LogP contribution in [0.1, 0.15) is 26.2 Å². The molecule has 2 amide bonds. The van der Waals surface area contributed by atoms with Gasteiger partial charge in [-0.05, 0) is 25.7 Å². The molecule has 0 aromatic heterocycles. The molecule has 4 N–H and O–H groups in total. The van der Waals surface area contributed by atoms with E-state index in [-0.39, 0.29) is 6.04 Å². The number of carbonyl (C=O) groups is 2. The molecule has 1 fully saturated rings. The van der Waals surface area contributed by atoms with Crippen LogP contribution in [0.2, 0.25) is 0 Å². The maximum Gasteiger partial charge on any atom is 0.328 e. The van der Waals surface area contributed by atoms with Crippen molar-refractivity contribution in [1.29, 1.82) is 0 Å². The van der Waals surface area contributed by atoms with E-state index < -0.39 is 24.6 Å². The number of carboxylic acid groups (broad SMARTS) is 1. The average molecular weight is 230 g/mol. The zero-order valence-corrected chi connectivity index (χ0v) is 9.27. The van der Waals surface area contributed by atoms with Gasteiger partial charge in [-0.2, -0.15) is 0 Å². The van der Waals surface area contributed by atoms with Crippen molar-refractivity contribution in [3.05, 3.63) is 0 Å². The second-order valence-corrected chi connectivity index (χ2v) is 4.17. The topological polar surface area (TPSA) is 98.7 Å². The van der Waals surface area contributed by atoms with Gasteiger partial charge in [-0.3, -0.25) is 0 Å². The summed E-state index contributed by atoms with van der Waals surface area (Å²) in [5.74, 6) is -0.753. The lowest BCUT2D eigenvalue weighted by molar-refractivity contribution is -0.140. The predicted molar refractivity (Wildman–Crippen MR) is 57.0 cm³/mol. The van der Waals surface area contributed by atoms with Crippen LogP contribution < -0.4 is 10.6 Å². The number of nitrogens with one attached hydrogen (secondary N) is 2. The van der Waals surface area contributed by atoms with Crippen LogP contribution in [0.3, 0.4) is 0 Å². The molecule has 0 bridgehead atoms. The second-order valence-electron chi connectivity index (χ2n) is 4.17. The summed E-state index contributed by atoms with van der Waals surface area (Å²) < 4.78 is 0. The SMILES string of the molecule is CC(NC(=O)N[C@@H](CO)C(=O)O)C1CCC1. The summed E-state index contributed by atoms with van der Waals surface area (Å²) in [7, 11) is 0. The van der Waals surface area contributed by atoms with Crippen LogP contribution >= 0.6 is 0 Å². The van der Waals surface area contributed by atoms with Gasteiger partial charge in [-0.25, -0.2) is 9.59 Å². The van der Waals surface area contributed by atoms with Crippen LogP contribution in [-0.4, -0.2) is 40.9 Å². The Hall–Kier alpha value is -1.30. The molecule has 6 nitrogen and oxygen atoms in total. The number of aliphatic hydroxyl groups excluding tert-OH is 1. The van der Waals surface area contributed by atoms with Gasteiger partial charge < -0.3 is 20.8 Å². The third-order valence-electron chi connectivity index (χ3n) is 3.00. The van der Waals surface area contributed by atoms with Crippen LogP contribution in [0.25, 0.3) is 0 Å². The molecule has 16 heavy (non-hydrogen) atoms. The highest BCUT2D eigenvalue weighted by Gasteiger charge is 2.26. The van der Waals surface area contributed by atoms with Crippen molar-refractivity contribution in [2.75, 3.05) is 6.61 Å². The van der Waals surface area contributed by atoms with E-state index in [0.29, 0.717) is 5.92 Å². The molecule has 1 aliphatic carbocycles. The van der Waals surface area contributed by atoms with E-state index in [1.54, 1.807) is 0 Å². The highest BCUT2D eigenvalue weighted by atomic mass is 16.4. The maximum atomic E-state index is 11.4. The third kappa shape index (κ3) is 3.37. The summed E-state index contributed by atoms with van der Waals surface area (Å²) in [5, 5.41) is 22.2. The molecule has 1 saturated carbocycles. The quantitative estimate of drug-likeness (QED) is 0.531. The second kappa shape index (κ2) is 5.69. The van der Waals surface area contributed by atoms with Gasteiger partial charge in [0.1, 0.15) is 0 Å². The number of hydrogen-bond acceptors (Lipinski definition) is 3. The molecule has 0 radical (unpaired) electrons. The fourth-order valence-corrected chi connectivity index (χ4v) is 1.65. The number of amides is 2. The zero-order valence-electron chi connectivity index (χ0n) is 9.27. The first-order valence-corrected chi connectivity index (χ1v) is 5.45. The Morgan fingerprint density at radius 2 is 2.00 bits per heavy atom. The monoisotopic (exact) mass is 230 g/mol. The number of hydrogen-bond donors (Lipinski definition) is 4. The number of aliphatic carboxylic acids is 1. The fraction of sp³-hybridized carbons (Fsp3) is 0.800. The molecular formula is C10H18N2O4. The van der Waals surface area contributed by atoms with Crippen molar-refractivity contribution in [2.24, 2.45) is 5.92 Å². The maximum absolute atomic E-state index is 11.4. The molecule has 0 saturated heterocycles. The van der Waals surface area contributed by atoms with Crippen LogP contribution in [-0.2, 0) is 4.79 Å². The normalized spacial score (nSPS) is 19.4. The standard InChI is InChI=1S/C10H18N2O4/c1-6(7-3-2-4-7)11-10(16)12-8(5-13)9(14)15/h6-8,13H,2-5H2,1H3,(H,14,15)(H2,11,12,16)/t6?,8-/m0/s1. The molecular weight excluding hydrogens is 212 g/mol. The lowest BCUT2D eigenvalue weighted by Crippen LogP contribution is -2.51. The van der Waals surface area contributed by atoms with Gasteiger partial charge >= 0.3 is 12.0 Å². The Labute approximate surface area is 94.0 Å². The van der Waals surface area contributed by atoms with E-state index in [9.17, 15) is 9.59 Å². The predicted octanol–water partition coefficient (Wildman–Crippen LogP) is -0.0803. The summed E-state index contributed by atoms with van der Waals surface area (Å²) in [6.45, 7) is 1.29. The van der Waals surface area contributed by atoms with Gasteiger partial charge in [0.05, 0.1) is 6.61 Å². The van der Waals surface area contributed by atoms with E-state index in [2.05, 4.69) is 10.6 Å². The average Bonchev–Trinajstić information content (AvgIpc) is 2.10. The lowest BCUT2D eigenvalue weighted by atomic mass is 9.80. The van der Waals surface area contributed by atoms with E-state index >= 15 is 0 Å². The van der Waals surface area contributed by atoms with Crippen LogP contribution in [0.15, 0.2) is 0 Å². The van der Waals surface area contributed by atoms with Gasteiger partial charge in [0.15, 0.2) is 6.04 Å². The highest BCUT2D eigenvalue weighted by Crippen LogP contribution is 2.29. The summed E-state index contributed by atoms with van der Waals surface area (Å²) in [5.41, 5.74) is 0. The fourth-order valence-electron chi connectivity index (χ4n) is 1.65. The molecule has 1 aliphatic rings. The largest absolute Gasteiger partial charge is 0.480 e. The van der Waals surface area contributed by atoms with Crippen molar-refractivity contribution < 1.29 is 19.8 Å². The molecule has 6 heteroatoms. The third-order valence-corrected chi connectivity index (χ3v) is 3.00. The van der Waals surface area contributed by atoms with Crippen LogP contribution in [0.4, 0.5) is 4.79 Å².